The van der Waals surface area contributed by atoms with Crippen molar-refractivity contribution >= 4 is 46.4 Å². The van der Waals surface area contributed by atoms with Crippen molar-refractivity contribution in [3.8, 4) is 11.8 Å². The van der Waals surface area contributed by atoms with E-state index in [-0.39, 0.29) is 27.2 Å². The summed E-state index contributed by atoms with van der Waals surface area (Å²) in [6.45, 7) is 4.88. The van der Waals surface area contributed by atoms with Crippen LogP contribution in [0.3, 0.4) is 0 Å². The summed E-state index contributed by atoms with van der Waals surface area (Å²) in [6, 6.07) is 5.27. The molecular formula is C15H13Cl3N4O. The van der Waals surface area contributed by atoms with Crippen molar-refractivity contribution in [1.29, 1.82) is 5.26 Å². The first kappa shape index (κ1) is 17.6. The van der Waals surface area contributed by atoms with Gasteiger partial charge >= 0.3 is 0 Å². The Morgan fingerprint density at radius 3 is 2.52 bits per heavy atom. The Balaban J connectivity index is 2.51. The van der Waals surface area contributed by atoms with Gasteiger partial charge in [-0.05, 0) is 32.9 Å². The van der Waals surface area contributed by atoms with E-state index < -0.39 is 5.54 Å². The maximum absolute atomic E-state index is 11.6. The molecule has 0 aliphatic heterocycles. The lowest BCUT2D eigenvalue weighted by Crippen LogP contribution is -2.38. The SMILES string of the molecule is CC(=O)C(C)(C)Nc1nn(-c2ccc(Cl)c(Cl)c2Cl)cc1C#N. The lowest BCUT2D eigenvalue weighted by molar-refractivity contribution is -0.120. The number of carbonyl (C=O) groups excluding carboxylic acids is 1. The number of carbonyl (C=O) groups is 1. The Kier molecular flexibility index (Phi) is 4.90. The lowest BCUT2D eigenvalue weighted by Gasteiger charge is -2.22. The smallest absolute Gasteiger partial charge is 0.167 e. The van der Waals surface area contributed by atoms with Crippen LogP contribution in [0.2, 0.25) is 15.1 Å². The van der Waals surface area contributed by atoms with Crippen LogP contribution in [0.5, 0.6) is 0 Å². The fraction of sp³-hybridized carbons (Fsp3) is 0.267. The summed E-state index contributed by atoms with van der Waals surface area (Å²) < 4.78 is 1.42. The molecule has 0 fully saturated rings. The molecule has 5 nitrogen and oxygen atoms in total. The predicted molar refractivity (Wildman–Crippen MR) is 91.7 cm³/mol. The van der Waals surface area contributed by atoms with Gasteiger partial charge in [0.25, 0.3) is 0 Å². The van der Waals surface area contributed by atoms with Crippen molar-refractivity contribution in [1.82, 2.24) is 9.78 Å². The van der Waals surface area contributed by atoms with Crippen LogP contribution in [0.4, 0.5) is 5.82 Å². The summed E-state index contributed by atoms with van der Waals surface area (Å²) in [5, 5.41) is 17.3. The van der Waals surface area contributed by atoms with E-state index in [2.05, 4.69) is 10.4 Å². The average Bonchev–Trinajstić information content (AvgIpc) is 2.86. The van der Waals surface area contributed by atoms with E-state index in [0.29, 0.717) is 10.7 Å². The number of Topliss-reactive ketones (excluding diaryl/α,β-unsaturated/α-hetero) is 1. The molecular weight excluding hydrogens is 359 g/mol. The predicted octanol–water partition coefficient (Wildman–Crippen LogP) is 4.48. The zero-order valence-corrected chi connectivity index (χ0v) is 14.9. The number of halogens is 3. The highest BCUT2D eigenvalue weighted by atomic mass is 35.5. The molecule has 120 valence electrons. The fourth-order valence-electron chi connectivity index (χ4n) is 1.75. The minimum atomic E-state index is -0.855. The van der Waals surface area contributed by atoms with Gasteiger partial charge in [-0.25, -0.2) is 4.68 Å². The molecule has 0 aliphatic carbocycles. The van der Waals surface area contributed by atoms with E-state index >= 15 is 0 Å². The van der Waals surface area contributed by atoms with E-state index in [4.69, 9.17) is 34.8 Å². The van der Waals surface area contributed by atoms with Gasteiger partial charge in [-0.1, -0.05) is 34.8 Å². The number of nitrogens with one attached hydrogen (secondary N) is 1. The number of hydrogen-bond acceptors (Lipinski definition) is 4. The highest BCUT2D eigenvalue weighted by Crippen LogP contribution is 2.35. The van der Waals surface area contributed by atoms with Gasteiger partial charge in [0.15, 0.2) is 11.6 Å². The van der Waals surface area contributed by atoms with Gasteiger partial charge in [0.1, 0.15) is 11.6 Å². The molecule has 0 amide bonds. The first-order chi connectivity index (χ1) is 10.7. The van der Waals surface area contributed by atoms with Crippen molar-refractivity contribution in [2.45, 2.75) is 26.3 Å². The van der Waals surface area contributed by atoms with Crippen LogP contribution < -0.4 is 5.32 Å². The standard InChI is InChI=1S/C15H13Cl3N4O/c1-8(23)15(2,3)20-14-9(6-19)7-22(21-14)11-5-4-10(16)12(17)13(11)18/h4-5,7H,1-3H3,(H,20,21). The summed E-state index contributed by atoms with van der Waals surface area (Å²) >= 11 is 18.1. The highest BCUT2D eigenvalue weighted by molar-refractivity contribution is 6.48. The number of nitriles is 1. The summed E-state index contributed by atoms with van der Waals surface area (Å²) in [5.74, 6) is 0.207. The van der Waals surface area contributed by atoms with Crippen LogP contribution in [0.25, 0.3) is 5.69 Å². The third kappa shape index (κ3) is 3.45. The third-order valence-corrected chi connectivity index (χ3v) is 4.69. The molecule has 0 unspecified atom stereocenters. The van der Waals surface area contributed by atoms with Crippen molar-refractivity contribution in [3.05, 3.63) is 39.0 Å². The minimum absolute atomic E-state index is 0.0801. The molecule has 23 heavy (non-hydrogen) atoms. The second kappa shape index (κ2) is 6.40. The first-order valence-electron chi connectivity index (χ1n) is 6.60. The molecule has 0 radical (unpaired) electrons. The first-order valence-corrected chi connectivity index (χ1v) is 7.73. The Morgan fingerprint density at radius 2 is 1.96 bits per heavy atom. The van der Waals surface area contributed by atoms with E-state index in [1.54, 1.807) is 26.0 Å². The molecule has 1 aromatic heterocycles. The molecule has 0 spiro atoms. The van der Waals surface area contributed by atoms with Crippen LogP contribution in [-0.2, 0) is 4.79 Å². The largest absolute Gasteiger partial charge is 0.356 e. The van der Waals surface area contributed by atoms with Crippen molar-refractivity contribution in [2.24, 2.45) is 0 Å². The number of benzene rings is 1. The van der Waals surface area contributed by atoms with Gasteiger partial charge in [0.05, 0.1) is 32.5 Å². The topological polar surface area (TPSA) is 70.7 Å². The molecule has 8 heteroatoms. The molecule has 1 aromatic carbocycles. The van der Waals surface area contributed by atoms with Crippen molar-refractivity contribution < 1.29 is 4.79 Å². The minimum Gasteiger partial charge on any atom is -0.356 e. The van der Waals surface area contributed by atoms with Crippen molar-refractivity contribution in [2.75, 3.05) is 5.32 Å². The maximum Gasteiger partial charge on any atom is 0.167 e. The number of rotatable bonds is 4. The highest BCUT2D eigenvalue weighted by Gasteiger charge is 2.26. The van der Waals surface area contributed by atoms with Crippen LogP contribution in [-0.4, -0.2) is 21.1 Å². The Morgan fingerprint density at radius 1 is 1.30 bits per heavy atom. The molecule has 2 aromatic rings. The number of nitrogens with zero attached hydrogens (tertiary/aromatic N) is 3. The van der Waals surface area contributed by atoms with Crippen molar-refractivity contribution in [3.63, 3.8) is 0 Å². The summed E-state index contributed by atoms with van der Waals surface area (Å²) in [7, 11) is 0. The molecule has 2 rings (SSSR count). The molecule has 1 N–H and O–H groups in total. The van der Waals surface area contributed by atoms with E-state index in [9.17, 15) is 10.1 Å². The summed E-state index contributed by atoms with van der Waals surface area (Å²) in [5.41, 5.74) is -0.0978. The number of ketones is 1. The second-order valence-corrected chi connectivity index (χ2v) is 6.61. The maximum atomic E-state index is 11.6. The molecule has 0 atom stereocenters. The Labute approximate surface area is 148 Å². The van der Waals surface area contributed by atoms with Crippen LogP contribution in [0, 0.1) is 11.3 Å². The number of aromatic nitrogens is 2. The van der Waals surface area contributed by atoms with Crippen LogP contribution in [0.15, 0.2) is 18.3 Å². The molecule has 0 saturated carbocycles. The molecule has 1 heterocycles. The van der Waals surface area contributed by atoms with E-state index in [1.165, 1.54) is 17.8 Å². The van der Waals surface area contributed by atoms with Gasteiger partial charge in [0, 0.05) is 0 Å². The monoisotopic (exact) mass is 370 g/mol. The Bertz CT molecular complexity index is 821. The molecule has 0 saturated heterocycles. The van der Waals surface area contributed by atoms with E-state index in [1.807, 2.05) is 6.07 Å². The summed E-state index contributed by atoms with van der Waals surface area (Å²) in [6.07, 6.45) is 1.50. The van der Waals surface area contributed by atoms with E-state index in [0.717, 1.165) is 0 Å². The van der Waals surface area contributed by atoms with Gasteiger partial charge < -0.3 is 5.32 Å². The average molecular weight is 372 g/mol. The Hall–Kier alpha value is -1.74. The van der Waals surface area contributed by atoms with Crippen LogP contribution in [0.1, 0.15) is 26.3 Å². The second-order valence-electron chi connectivity index (χ2n) is 5.45. The van der Waals surface area contributed by atoms with Gasteiger partial charge in [-0.15, -0.1) is 5.10 Å². The molecule has 0 bridgehead atoms. The fourth-order valence-corrected chi connectivity index (χ4v) is 2.37. The number of anilines is 1. The lowest BCUT2D eigenvalue weighted by atomic mass is 10.0. The van der Waals surface area contributed by atoms with Gasteiger partial charge in [-0.3, -0.25) is 4.79 Å². The third-order valence-electron chi connectivity index (χ3n) is 3.41. The molecule has 0 aliphatic rings. The normalized spacial score (nSPS) is 11.2. The van der Waals surface area contributed by atoms with Gasteiger partial charge in [-0.2, -0.15) is 5.26 Å². The number of hydrogen-bond donors (Lipinski definition) is 1. The van der Waals surface area contributed by atoms with Crippen LogP contribution >= 0.6 is 34.8 Å². The quantitative estimate of drug-likeness (QED) is 0.804. The zero-order chi connectivity index (χ0) is 17.4. The zero-order valence-electron chi connectivity index (χ0n) is 12.6. The van der Waals surface area contributed by atoms with Gasteiger partial charge in [0.2, 0.25) is 0 Å². The summed E-state index contributed by atoms with van der Waals surface area (Å²) in [4.78, 5) is 11.6.